The minimum atomic E-state index is -0.264. The highest BCUT2D eigenvalue weighted by Crippen LogP contribution is 2.49. The lowest BCUT2D eigenvalue weighted by Crippen LogP contribution is -2.31. The van der Waals surface area contributed by atoms with Gasteiger partial charge in [0, 0.05) is 23.6 Å². The zero-order valence-corrected chi connectivity index (χ0v) is 13.2. The van der Waals surface area contributed by atoms with Crippen LogP contribution in [0.2, 0.25) is 0 Å². The van der Waals surface area contributed by atoms with Crippen LogP contribution in [0.1, 0.15) is 42.5 Å². The second-order valence-electron chi connectivity index (χ2n) is 7.06. The van der Waals surface area contributed by atoms with Crippen molar-refractivity contribution in [1.29, 1.82) is 0 Å². The molecule has 0 spiro atoms. The monoisotopic (exact) mass is 310 g/mol. The maximum Gasteiger partial charge on any atom is 0.256 e. The van der Waals surface area contributed by atoms with E-state index in [1.165, 1.54) is 31.9 Å². The summed E-state index contributed by atoms with van der Waals surface area (Å²) in [5.41, 5.74) is 0.768. The van der Waals surface area contributed by atoms with E-state index in [-0.39, 0.29) is 16.9 Å². The summed E-state index contributed by atoms with van der Waals surface area (Å²) in [6, 6.07) is 7.27. The predicted octanol–water partition coefficient (Wildman–Crippen LogP) is 3.08. The normalized spacial score (nSPS) is 25.8. The number of aromatic amines is 1. The van der Waals surface area contributed by atoms with E-state index >= 15 is 0 Å². The highest BCUT2D eigenvalue weighted by molar-refractivity contribution is 5.97. The molecule has 3 atom stereocenters. The molecule has 2 aliphatic rings. The van der Waals surface area contributed by atoms with Crippen LogP contribution in [0.25, 0.3) is 10.9 Å². The number of H-pyrrole nitrogens is 1. The number of aromatic nitrogens is 1. The van der Waals surface area contributed by atoms with E-state index in [9.17, 15) is 9.59 Å². The molecule has 4 heteroatoms. The van der Waals surface area contributed by atoms with Gasteiger partial charge in [-0.1, -0.05) is 18.6 Å². The van der Waals surface area contributed by atoms with Crippen molar-refractivity contribution in [2.45, 2.75) is 32.1 Å². The van der Waals surface area contributed by atoms with Gasteiger partial charge in [-0.2, -0.15) is 0 Å². The molecule has 2 fully saturated rings. The van der Waals surface area contributed by atoms with E-state index in [4.69, 9.17) is 0 Å². The Hall–Kier alpha value is -2.10. The SMILES string of the molecule is O=C(NCC[C@H]1C[C@H]2CC[C@H]1C2)c1c[nH]c2ccccc2c1=O. The van der Waals surface area contributed by atoms with Crippen LogP contribution in [0.3, 0.4) is 0 Å². The third-order valence-electron chi connectivity index (χ3n) is 5.72. The molecular formula is C19H22N2O2. The van der Waals surface area contributed by atoms with Gasteiger partial charge >= 0.3 is 0 Å². The minimum Gasteiger partial charge on any atom is -0.360 e. The molecule has 23 heavy (non-hydrogen) atoms. The maximum atomic E-state index is 12.4. The Morgan fingerprint density at radius 3 is 2.87 bits per heavy atom. The first-order valence-corrected chi connectivity index (χ1v) is 8.61. The number of fused-ring (bicyclic) bond motifs is 3. The van der Waals surface area contributed by atoms with Gasteiger partial charge in [0.25, 0.3) is 5.91 Å². The molecular weight excluding hydrogens is 288 g/mol. The number of carbonyl (C=O) groups is 1. The average molecular weight is 310 g/mol. The Bertz CT molecular complexity index is 795. The number of rotatable bonds is 4. The number of para-hydroxylation sites is 1. The fourth-order valence-electron chi connectivity index (χ4n) is 4.53. The lowest BCUT2D eigenvalue weighted by Gasteiger charge is -2.21. The van der Waals surface area contributed by atoms with Crippen LogP contribution in [0.5, 0.6) is 0 Å². The van der Waals surface area contributed by atoms with Crippen molar-refractivity contribution in [2.75, 3.05) is 6.54 Å². The summed E-state index contributed by atoms with van der Waals surface area (Å²) in [6.07, 6.45) is 8.06. The van der Waals surface area contributed by atoms with Crippen molar-refractivity contribution in [3.05, 3.63) is 46.2 Å². The standard InChI is InChI=1S/C19H22N2O2/c22-18-15-3-1-2-4-17(15)21-11-16(18)19(23)20-8-7-14-10-12-5-6-13(14)9-12/h1-4,11-14H,5-10H2,(H,20,23)(H,21,22)/t12-,13-,14-/m0/s1. The van der Waals surface area contributed by atoms with Gasteiger partial charge in [0.05, 0.1) is 0 Å². The summed E-state index contributed by atoms with van der Waals surface area (Å²) in [7, 11) is 0. The topological polar surface area (TPSA) is 62.0 Å². The molecule has 0 aliphatic heterocycles. The van der Waals surface area contributed by atoms with Gasteiger partial charge in [0.1, 0.15) is 5.56 Å². The van der Waals surface area contributed by atoms with E-state index < -0.39 is 0 Å². The molecule has 2 saturated carbocycles. The Labute approximate surface area is 135 Å². The average Bonchev–Trinajstić information content (AvgIpc) is 3.18. The number of hydrogen-bond donors (Lipinski definition) is 2. The molecule has 2 bridgehead atoms. The van der Waals surface area contributed by atoms with Crippen molar-refractivity contribution in [3.63, 3.8) is 0 Å². The van der Waals surface area contributed by atoms with Crippen LogP contribution < -0.4 is 10.7 Å². The van der Waals surface area contributed by atoms with Crippen LogP contribution in [0.15, 0.2) is 35.3 Å². The Morgan fingerprint density at radius 2 is 2.09 bits per heavy atom. The van der Waals surface area contributed by atoms with E-state index in [1.54, 1.807) is 6.07 Å². The second-order valence-corrected chi connectivity index (χ2v) is 7.06. The Kier molecular flexibility index (Phi) is 3.68. The van der Waals surface area contributed by atoms with Crippen LogP contribution in [0, 0.1) is 17.8 Å². The van der Waals surface area contributed by atoms with Gasteiger partial charge in [0.2, 0.25) is 5.43 Å². The quantitative estimate of drug-likeness (QED) is 0.911. The number of hydrogen-bond acceptors (Lipinski definition) is 2. The summed E-state index contributed by atoms with van der Waals surface area (Å²) < 4.78 is 0. The zero-order valence-electron chi connectivity index (χ0n) is 13.2. The molecule has 2 aromatic rings. The van der Waals surface area contributed by atoms with Crippen LogP contribution in [-0.4, -0.2) is 17.4 Å². The second kappa shape index (κ2) is 5.84. The van der Waals surface area contributed by atoms with Gasteiger partial charge < -0.3 is 10.3 Å². The lowest BCUT2D eigenvalue weighted by atomic mass is 9.86. The molecule has 120 valence electrons. The molecule has 1 aromatic carbocycles. The number of carbonyl (C=O) groups excluding carboxylic acids is 1. The van der Waals surface area contributed by atoms with Gasteiger partial charge in [0.15, 0.2) is 0 Å². The summed E-state index contributed by atoms with van der Waals surface area (Å²) in [5, 5.41) is 3.50. The number of nitrogens with one attached hydrogen (secondary N) is 2. The molecule has 2 aliphatic carbocycles. The third-order valence-corrected chi connectivity index (χ3v) is 5.72. The van der Waals surface area contributed by atoms with E-state index in [1.807, 2.05) is 18.2 Å². The minimum absolute atomic E-state index is 0.197. The molecule has 1 heterocycles. The predicted molar refractivity (Wildman–Crippen MR) is 90.5 cm³/mol. The molecule has 2 N–H and O–H groups in total. The van der Waals surface area contributed by atoms with Crippen molar-refractivity contribution in [3.8, 4) is 0 Å². The van der Waals surface area contributed by atoms with E-state index in [2.05, 4.69) is 10.3 Å². The van der Waals surface area contributed by atoms with Gasteiger partial charge in [-0.05, 0) is 55.6 Å². The van der Waals surface area contributed by atoms with Gasteiger partial charge in [-0.25, -0.2) is 0 Å². The first-order valence-electron chi connectivity index (χ1n) is 8.61. The highest BCUT2D eigenvalue weighted by Gasteiger charge is 2.38. The molecule has 0 unspecified atom stereocenters. The molecule has 1 amide bonds. The molecule has 4 rings (SSSR count). The number of benzene rings is 1. The Morgan fingerprint density at radius 1 is 1.22 bits per heavy atom. The molecule has 0 radical (unpaired) electrons. The van der Waals surface area contributed by atoms with Crippen LogP contribution in [-0.2, 0) is 0 Å². The largest absolute Gasteiger partial charge is 0.360 e. The molecule has 0 saturated heterocycles. The Balaban J connectivity index is 1.41. The van der Waals surface area contributed by atoms with Crippen LogP contribution >= 0.6 is 0 Å². The summed E-state index contributed by atoms with van der Waals surface area (Å²) in [6.45, 7) is 0.666. The van der Waals surface area contributed by atoms with Crippen molar-refractivity contribution >= 4 is 16.8 Å². The summed E-state index contributed by atoms with van der Waals surface area (Å²) in [4.78, 5) is 27.8. The highest BCUT2D eigenvalue weighted by atomic mass is 16.2. The van der Waals surface area contributed by atoms with Crippen LogP contribution in [0.4, 0.5) is 0 Å². The van der Waals surface area contributed by atoms with Gasteiger partial charge in [-0.15, -0.1) is 0 Å². The lowest BCUT2D eigenvalue weighted by molar-refractivity contribution is 0.0948. The van der Waals surface area contributed by atoms with E-state index in [0.29, 0.717) is 11.9 Å². The number of amides is 1. The van der Waals surface area contributed by atoms with Crippen molar-refractivity contribution in [1.82, 2.24) is 10.3 Å². The van der Waals surface area contributed by atoms with Crippen molar-refractivity contribution in [2.24, 2.45) is 17.8 Å². The van der Waals surface area contributed by atoms with Crippen molar-refractivity contribution < 1.29 is 4.79 Å². The fourth-order valence-corrected chi connectivity index (χ4v) is 4.53. The van der Waals surface area contributed by atoms with Gasteiger partial charge in [-0.3, -0.25) is 9.59 Å². The fraction of sp³-hybridized carbons (Fsp3) is 0.474. The molecule has 4 nitrogen and oxygen atoms in total. The first kappa shape index (κ1) is 14.5. The maximum absolute atomic E-state index is 12.4. The number of pyridine rings is 1. The third kappa shape index (κ3) is 2.67. The first-order chi connectivity index (χ1) is 11.2. The summed E-state index contributed by atoms with van der Waals surface area (Å²) >= 11 is 0. The smallest absolute Gasteiger partial charge is 0.256 e. The zero-order chi connectivity index (χ0) is 15.8. The summed E-state index contributed by atoms with van der Waals surface area (Å²) in [5.74, 6) is 2.31. The molecule has 1 aromatic heterocycles. The van der Waals surface area contributed by atoms with E-state index in [0.717, 1.165) is 29.7 Å².